The van der Waals surface area contributed by atoms with Gasteiger partial charge < -0.3 is 15.0 Å². The van der Waals surface area contributed by atoms with Crippen LogP contribution in [0, 0.1) is 11.8 Å². The zero-order valence-electron chi connectivity index (χ0n) is 18.8. The van der Waals surface area contributed by atoms with Crippen LogP contribution in [0.4, 0.5) is 5.95 Å². The van der Waals surface area contributed by atoms with Crippen LogP contribution in [0.15, 0.2) is 23.8 Å². The molecular weight excluding hydrogens is 390 g/mol. The first-order valence-electron chi connectivity index (χ1n) is 11.9. The number of fused-ring (bicyclic) bond motifs is 1. The van der Waals surface area contributed by atoms with Crippen molar-refractivity contribution in [3.8, 4) is 0 Å². The fourth-order valence-electron chi connectivity index (χ4n) is 5.13. The number of aromatic nitrogens is 2. The summed E-state index contributed by atoms with van der Waals surface area (Å²) in [4.78, 5) is 30.8. The van der Waals surface area contributed by atoms with Crippen LogP contribution >= 0.6 is 0 Å². The molecule has 168 valence electrons. The molecule has 3 atom stereocenters. The molecule has 6 nitrogen and oxygen atoms in total. The van der Waals surface area contributed by atoms with E-state index in [0.29, 0.717) is 31.1 Å². The highest BCUT2D eigenvalue weighted by Crippen LogP contribution is 2.30. The molecule has 3 aliphatic rings. The third-order valence-corrected chi connectivity index (χ3v) is 6.95. The average molecular weight is 426 g/mol. The van der Waals surface area contributed by atoms with E-state index in [2.05, 4.69) is 5.32 Å². The molecular formula is C25H35N3O3. The van der Waals surface area contributed by atoms with Gasteiger partial charge in [-0.15, -0.1) is 0 Å². The van der Waals surface area contributed by atoms with Gasteiger partial charge in [-0.05, 0) is 24.8 Å². The number of aliphatic hydroxyl groups is 1. The zero-order valence-corrected chi connectivity index (χ0v) is 18.8. The molecule has 2 N–H and O–H groups in total. The molecule has 0 saturated heterocycles. The van der Waals surface area contributed by atoms with Crippen LogP contribution < -0.4 is 5.32 Å². The van der Waals surface area contributed by atoms with E-state index in [-0.39, 0.29) is 29.8 Å². The van der Waals surface area contributed by atoms with E-state index in [0.717, 1.165) is 30.1 Å². The molecule has 4 rings (SSSR count). The maximum Gasteiger partial charge on any atom is 0.204 e. The van der Waals surface area contributed by atoms with Gasteiger partial charge in [-0.2, -0.15) is 0 Å². The standard InChI is InChI=1S/C25H35N3O3/c1-16-13-21-23(22(30)14-17(2)24(16)31)28(15-18-9-11-20(29)12-10-18)25(27-21)26-19-7-5-3-4-6-8-19/h9-11,16-17,19-20,29H,3-8,12-15H2,1-2H3,(H,26,27). The van der Waals surface area contributed by atoms with Crippen molar-refractivity contribution in [2.24, 2.45) is 11.8 Å². The molecule has 0 amide bonds. The van der Waals surface area contributed by atoms with E-state index in [1.165, 1.54) is 25.7 Å². The first-order chi connectivity index (χ1) is 14.9. The van der Waals surface area contributed by atoms with Crippen molar-refractivity contribution in [1.29, 1.82) is 0 Å². The first-order valence-corrected chi connectivity index (χ1v) is 11.9. The summed E-state index contributed by atoms with van der Waals surface area (Å²) in [5.41, 5.74) is 2.47. The number of carbonyl (C=O) groups excluding carboxylic acids is 2. The lowest BCUT2D eigenvalue weighted by Gasteiger charge is -2.22. The highest BCUT2D eigenvalue weighted by molar-refractivity contribution is 6.00. The molecule has 1 fully saturated rings. The molecule has 0 bridgehead atoms. The summed E-state index contributed by atoms with van der Waals surface area (Å²) < 4.78 is 2.03. The predicted octanol–water partition coefficient (Wildman–Crippen LogP) is 4.24. The van der Waals surface area contributed by atoms with Crippen LogP contribution in [0.1, 0.15) is 81.4 Å². The summed E-state index contributed by atoms with van der Waals surface area (Å²) in [6, 6.07) is 0.361. The average Bonchev–Trinajstić information content (AvgIpc) is 2.90. The fourth-order valence-corrected chi connectivity index (χ4v) is 5.13. The Labute approximate surface area is 184 Å². The molecule has 1 aromatic rings. The second-order valence-electron chi connectivity index (χ2n) is 9.63. The van der Waals surface area contributed by atoms with Crippen LogP contribution in [-0.2, 0) is 17.8 Å². The third kappa shape index (κ3) is 5.00. The Bertz CT molecular complexity index is 890. The van der Waals surface area contributed by atoms with E-state index in [9.17, 15) is 14.7 Å². The summed E-state index contributed by atoms with van der Waals surface area (Å²) >= 11 is 0. The van der Waals surface area contributed by atoms with Gasteiger partial charge >= 0.3 is 0 Å². The summed E-state index contributed by atoms with van der Waals surface area (Å²) in [5, 5.41) is 13.4. The lowest BCUT2D eigenvalue weighted by molar-refractivity contribution is -0.125. The predicted molar refractivity (Wildman–Crippen MR) is 121 cm³/mol. The number of nitrogens with zero attached hydrogens (tertiary/aromatic N) is 2. The molecule has 1 saturated carbocycles. The van der Waals surface area contributed by atoms with Crippen LogP contribution in [-0.4, -0.2) is 38.4 Å². The Kier molecular flexibility index (Phi) is 6.75. The minimum atomic E-state index is -0.440. The van der Waals surface area contributed by atoms with Gasteiger partial charge in [0.1, 0.15) is 11.5 Å². The molecule has 0 radical (unpaired) electrons. The van der Waals surface area contributed by atoms with E-state index in [1.807, 2.05) is 30.6 Å². The summed E-state index contributed by atoms with van der Waals surface area (Å²) in [5.74, 6) is 0.504. The zero-order chi connectivity index (χ0) is 22.0. The number of allylic oxidation sites excluding steroid dienone is 2. The molecule has 1 heterocycles. The highest BCUT2D eigenvalue weighted by atomic mass is 16.3. The topological polar surface area (TPSA) is 84.2 Å². The third-order valence-electron chi connectivity index (χ3n) is 6.95. The van der Waals surface area contributed by atoms with Gasteiger partial charge in [0.05, 0.1) is 18.3 Å². The Morgan fingerprint density at radius 3 is 2.48 bits per heavy atom. The Morgan fingerprint density at radius 1 is 1.10 bits per heavy atom. The number of hydrogen-bond donors (Lipinski definition) is 2. The van der Waals surface area contributed by atoms with Crippen molar-refractivity contribution >= 4 is 17.5 Å². The van der Waals surface area contributed by atoms with Gasteiger partial charge in [-0.1, -0.05) is 57.8 Å². The number of Topliss-reactive ketones (excluding diaryl/α,β-unsaturated/α-hetero) is 2. The summed E-state index contributed by atoms with van der Waals surface area (Å²) in [6.45, 7) is 4.35. The van der Waals surface area contributed by atoms with Crippen molar-refractivity contribution in [2.45, 2.75) is 90.3 Å². The van der Waals surface area contributed by atoms with Gasteiger partial charge in [0.15, 0.2) is 5.78 Å². The number of hydrogen-bond acceptors (Lipinski definition) is 5. The van der Waals surface area contributed by atoms with Crippen molar-refractivity contribution in [2.75, 3.05) is 5.32 Å². The second-order valence-corrected chi connectivity index (χ2v) is 9.63. The van der Waals surface area contributed by atoms with E-state index in [1.54, 1.807) is 6.08 Å². The SMILES string of the molecule is CC1CC(=O)c2c(nc(NC3CCCCCC3)n2CC2=CCC(O)C=C2)CC(C)C1=O. The Hall–Kier alpha value is -2.21. The number of nitrogens with one attached hydrogen (secondary N) is 1. The number of rotatable bonds is 4. The Morgan fingerprint density at radius 2 is 1.81 bits per heavy atom. The van der Waals surface area contributed by atoms with Gasteiger partial charge in [-0.25, -0.2) is 4.98 Å². The van der Waals surface area contributed by atoms with Crippen LogP contribution in [0.2, 0.25) is 0 Å². The molecule has 31 heavy (non-hydrogen) atoms. The normalized spacial score (nSPS) is 27.8. The molecule has 3 unspecified atom stereocenters. The maximum atomic E-state index is 13.3. The summed E-state index contributed by atoms with van der Waals surface area (Å²) in [6.07, 6.45) is 13.9. The lowest BCUT2D eigenvalue weighted by atomic mass is 9.85. The first kappa shape index (κ1) is 22.0. The number of imidazole rings is 1. The van der Waals surface area contributed by atoms with Crippen molar-refractivity contribution in [3.05, 3.63) is 35.2 Å². The second kappa shape index (κ2) is 9.51. The monoisotopic (exact) mass is 425 g/mol. The minimum absolute atomic E-state index is 0.00425. The maximum absolute atomic E-state index is 13.3. The van der Waals surface area contributed by atoms with Gasteiger partial charge in [0.2, 0.25) is 5.95 Å². The van der Waals surface area contributed by atoms with E-state index in [4.69, 9.17) is 4.98 Å². The van der Waals surface area contributed by atoms with Gasteiger partial charge in [0.25, 0.3) is 0 Å². The molecule has 0 aromatic carbocycles. The number of aliphatic hydroxyl groups excluding tert-OH is 1. The van der Waals surface area contributed by atoms with Gasteiger partial charge in [-0.3, -0.25) is 9.59 Å². The van der Waals surface area contributed by atoms with Gasteiger partial charge in [0, 0.05) is 30.7 Å². The largest absolute Gasteiger partial charge is 0.389 e. The smallest absolute Gasteiger partial charge is 0.204 e. The Balaban J connectivity index is 1.71. The molecule has 6 heteroatoms. The van der Waals surface area contributed by atoms with Crippen molar-refractivity contribution in [3.63, 3.8) is 0 Å². The molecule has 1 aromatic heterocycles. The summed E-state index contributed by atoms with van der Waals surface area (Å²) in [7, 11) is 0. The minimum Gasteiger partial charge on any atom is -0.389 e. The highest BCUT2D eigenvalue weighted by Gasteiger charge is 2.33. The van der Waals surface area contributed by atoms with Crippen molar-refractivity contribution in [1.82, 2.24) is 9.55 Å². The lowest BCUT2D eigenvalue weighted by Crippen LogP contribution is -2.28. The van der Waals surface area contributed by atoms with E-state index < -0.39 is 6.10 Å². The van der Waals surface area contributed by atoms with E-state index >= 15 is 0 Å². The van der Waals surface area contributed by atoms with Crippen LogP contribution in [0.3, 0.4) is 0 Å². The number of carbonyl (C=O) groups is 2. The number of anilines is 1. The quantitative estimate of drug-likeness (QED) is 0.705. The van der Waals surface area contributed by atoms with Crippen LogP contribution in [0.25, 0.3) is 0 Å². The van der Waals surface area contributed by atoms with Crippen molar-refractivity contribution < 1.29 is 14.7 Å². The molecule has 3 aliphatic carbocycles. The molecule has 0 aliphatic heterocycles. The molecule has 0 spiro atoms. The number of ketones is 2. The van der Waals surface area contributed by atoms with Crippen LogP contribution in [0.5, 0.6) is 0 Å². The fraction of sp³-hybridized carbons (Fsp3) is 0.640.